The number of hydrogen-bond donors (Lipinski definition) is 1. The largest absolute Gasteiger partial charge is 0.476 e. The Bertz CT molecular complexity index is 571. The van der Waals surface area contributed by atoms with Crippen LogP contribution in [0, 0.1) is 5.92 Å². The molecule has 18 heavy (non-hydrogen) atoms. The third kappa shape index (κ3) is 2.14. The van der Waals surface area contributed by atoms with Crippen LogP contribution in [-0.2, 0) is 6.54 Å². The van der Waals surface area contributed by atoms with Crippen molar-refractivity contribution < 1.29 is 9.90 Å². The van der Waals surface area contributed by atoms with Crippen molar-refractivity contribution in [1.29, 1.82) is 0 Å². The highest BCUT2D eigenvalue weighted by Crippen LogP contribution is 2.32. The SMILES string of the molecule is O=C(O)c1cc(-c2ccccc2)n(CC2CC2)n1. The van der Waals surface area contributed by atoms with E-state index >= 15 is 0 Å². The van der Waals surface area contributed by atoms with E-state index in [1.54, 1.807) is 6.07 Å². The number of hydrogen-bond acceptors (Lipinski definition) is 2. The third-order valence-electron chi connectivity index (χ3n) is 3.20. The zero-order valence-corrected chi connectivity index (χ0v) is 9.91. The van der Waals surface area contributed by atoms with Crippen LogP contribution in [0.1, 0.15) is 23.3 Å². The fraction of sp³-hybridized carbons (Fsp3) is 0.286. The molecule has 1 aliphatic carbocycles. The summed E-state index contributed by atoms with van der Waals surface area (Å²) in [6, 6.07) is 11.5. The summed E-state index contributed by atoms with van der Waals surface area (Å²) in [7, 11) is 0. The second-order valence-corrected chi connectivity index (χ2v) is 4.71. The van der Waals surface area contributed by atoms with Crippen molar-refractivity contribution in [1.82, 2.24) is 9.78 Å². The van der Waals surface area contributed by atoms with Crippen LogP contribution in [-0.4, -0.2) is 20.9 Å². The van der Waals surface area contributed by atoms with Gasteiger partial charge in [0.05, 0.1) is 5.69 Å². The fourth-order valence-corrected chi connectivity index (χ4v) is 2.05. The van der Waals surface area contributed by atoms with E-state index < -0.39 is 5.97 Å². The van der Waals surface area contributed by atoms with E-state index in [0.29, 0.717) is 5.92 Å². The Kier molecular flexibility index (Phi) is 2.63. The Labute approximate surface area is 105 Å². The van der Waals surface area contributed by atoms with Crippen molar-refractivity contribution in [2.75, 3.05) is 0 Å². The van der Waals surface area contributed by atoms with Gasteiger partial charge >= 0.3 is 5.97 Å². The molecule has 4 nitrogen and oxygen atoms in total. The number of aromatic nitrogens is 2. The first-order valence-electron chi connectivity index (χ1n) is 6.10. The second kappa shape index (κ2) is 4.29. The maximum Gasteiger partial charge on any atom is 0.356 e. The standard InChI is InChI=1S/C14H14N2O2/c17-14(18)12-8-13(11-4-2-1-3-5-11)16(15-12)9-10-6-7-10/h1-5,8,10H,6-7,9H2,(H,17,18). The smallest absolute Gasteiger partial charge is 0.356 e. The fourth-order valence-electron chi connectivity index (χ4n) is 2.05. The number of rotatable bonds is 4. The van der Waals surface area contributed by atoms with Crippen molar-refractivity contribution in [2.45, 2.75) is 19.4 Å². The van der Waals surface area contributed by atoms with Gasteiger partial charge < -0.3 is 5.11 Å². The molecule has 3 rings (SSSR count). The first-order chi connectivity index (χ1) is 8.74. The number of aromatic carboxylic acids is 1. The normalized spacial score (nSPS) is 14.7. The quantitative estimate of drug-likeness (QED) is 0.896. The lowest BCUT2D eigenvalue weighted by Crippen LogP contribution is -2.05. The van der Waals surface area contributed by atoms with E-state index in [-0.39, 0.29) is 5.69 Å². The van der Waals surface area contributed by atoms with E-state index in [0.717, 1.165) is 17.8 Å². The molecule has 1 saturated carbocycles. The summed E-state index contributed by atoms with van der Waals surface area (Å²) in [5.41, 5.74) is 2.02. The highest BCUT2D eigenvalue weighted by molar-refractivity contribution is 5.87. The first kappa shape index (κ1) is 11.0. The molecule has 0 atom stereocenters. The van der Waals surface area contributed by atoms with Gasteiger partial charge in [0.1, 0.15) is 0 Å². The van der Waals surface area contributed by atoms with E-state index in [1.807, 2.05) is 35.0 Å². The topological polar surface area (TPSA) is 55.1 Å². The summed E-state index contributed by atoms with van der Waals surface area (Å²) in [6.45, 7) is 0.817. The molecule has 0 amide bonds. The highest BCUT2D eigenvalue weighted by Gasteiger charge is 2.24. The zero-order valence-electron chi connectivity index (χ0n) is 9.91. The van der Waals surface area contributed by atoms with Crippen LogP contribution >= 0.6 is 0 Å². The molecular formula is C14H14N2O2. The van der Waals surface area contributed by atoms with Crippen molar-refractivity contribution >= 4 is 5.97 Å². The lowest BCUT2D eigenvalue weighted by molar-refractivity contribution is 0.0689. The predicted octanol–water partition coefficient (Wildman–Crippen LogP) is 2.66. The Balaban J connectivity index is 2.02. The molecule has 92 valence electrons. The van der Waals surface area contributed by atoms with Gasteiger partial charge in [-0.25, -0.2) is 4.79 Å². The van der Waals surface area contributed by atoms with E-state index in [1.165, 1.54) is 12.8 Å². The lowest BCUT2D eigenvalue weighted by Gasteiger charge is -2.06. The van der Waals surface area contributed by atoms with Crippen LogP contribution < -0.4 is 0 Å². The van der Waals surface area contributed by atoms with Gasteiger partial charge in [0.25, 0.3) is 0 Å². The van der Waals surface area contributed by atoms with Gasteiger partial charge in [0, 0.05) is 6.54 Å². The van der Waals surface area contributed by atoms with E-state index in [9.17, 15) is 4.79 Å². The van der Waals surface area contributed by atoms with Gasteiger partial charge in [-0.3, -0.25) is 4.68 Å². The maximum absolute atomic E-state index is 11.0. The summed E-state index contributed by atoms with van der Waals surface area (Å²) in [4.78, 5) is 11.0. The number of carboxylic acid groups (broad SMARTS) is 1. The zero-order chi connectivity index (χ0) is 12.5. The predicted molar refractivity (Wildman–Crippen MR) is 67.3 cm³/mol. The van der Waals surface area contributed by atoms with Gasteiger partial charge in [-0.05, 0) is 30.4 Å². The third-order valence-corrected chi connectivity index (χ3v) is 3.20. The van der Waals surface area contributed by atoms with Crippen LogP contribution in [0.3, 0.4) is 0 Å². The Morgan fingerprint density at radius 3 is 2.67 bits per heavy atom. The Hall–Kier alpha value is -2.10. The van der Waals surface area contributed by atoms with Crippen LogP contribution in [0.5, 0.6) is 0 Å². The molecule has 1 aromatic carbocycles. The van der Waals surface area contributed by atoms with E-state index in [2.05, 4.69) is 5.10 Å². The molecule has 1 aromatic heterocycles. The maximum atomic E-state index is 11.0. The molecule has 0 bridgehead atoms. The average Bonchev–Trinajstić information content (AvgIpc) is 3.07. The molecule has 2 aromatic rings. The summed E-state index contributed by atoms with van der Waals surface area (Å²) in [5, 5.41) is 13.2. The van der Waals surface area contributed by atoms with Crippen LogP contribution in [0.25, 0.3) is 11.3 Å². The molecule has 4 heteroatoms. The number of nitrogens with zero attached hydrogens (tertiary/aromatic N) is 2. The number of benzene rings is 1. The molecule has 1 aliphatic rings. The summed E-state index contributed by atoms with van der Waals surface area (Å²) >= 11 is 0. The van der Waals surface area contributed by atoms with Gasteiger partial charge in [-0.1, -0.05) is 30.3 Å². The van der Waals surface area contributed by atoms with E-state index in [4.69, 9.17) is 5.11 Å². The van der Waals surface area contributed by atoms with Crippen LogP contribution in [0.15, 0.2) is 36.4 Å². The number of carbonyl (C=O) groups is 1. The minimum atomic E-state index is -0.971. The van der Waals surface area contributed by atoms with Crippen molar-refractivity contribution in [3.63, 3.8) is 0 Å². The average molecular weight is 242 g/mol. The highest BCUT2D eigenvalue weighted by atomic mass is 16.4. The molecule has 1 N–H and O–H groups in total. The minimum absolute atomic E-state index is 0.120. The van der Waals surface area contributed by atoms with Gasteiger partial charge in [-0.15, -0.1) is 0 Å². The summed E-state index contributed by atoms with van der Waals surface area (Å²) in [5.74, 6) is -0.310. The van der Waals surface area contributed by atoms with Crippen LogP contribution in [0.4, 0.5) is 0 Å². The van der Waals surface area contributed by atoms with Gasteiger partial charge in [-0.2, -0.15) is 5.10 Å². The van der Waals surface area contributed by atoms with Crippen molar-refractivity contribution in [2.24, 2.45) is 5.92 Å². The monoisotopic (exact) mass is 242 g/mol. The first-order valence-corrected chi connectivity index (χ1v) is 6.10. The van der Waals surface area contributed by atoms with Gasteiger partial charge in [0.2, 0.25) is 0 Å². The number of carboxylic acids is 1. The summed E-state index contributed by atoms with van der Waals surface area (Å²) in [6.07, 6.45) is 2.44. The molecule has 0 spiro atoms. The Morgan fingerprint density at radius 2 is 2.06 bits per heavy atom. The van der Waals surface area contributed by atoms with Crippen molar-refractivity contribution in [3.8, 4) is 11.3 Å². The second-order valence-electron chi connectivity index (χ2n) is 4.71. The lowest BCUT2D eigenvalue weighted by atomic mass is 10.1. The summed E-state index contributed by atoms with van der Waals surface area (Å²) < 4.78 is 1.83. The van der Waals surface area contributed by atoms with Crippen molar-refractivity contribution in [3.05, 3.63) is 42.1 Å². The molecule has 0 radical (unpaired) electrons. The molecule has 0 saturated heterocycles. The van der Waals surface area contributed by atoms with Crippen LogP contribution in [0.2, 0.25) is 0 Å². The molecule has 1 fully saturated rings. The molecular weight excluding hydrogens is 228 g/mol. The molecule has 1 heterocycles. The van der Waals surface area contributed by atoms with Gasteiger partial charge in [0.15, 0.2) is 5.69 Å². The minimum Gasteiger partial charge on any atom is -0.476 e. The molecule has 0 unspecified atom stereocenters. The molecule has 0 aliphatic heterocycles. The Morgan fingerprint density at radius 1 is 1.33 bits per heavy atom.